The van der Waals surface area contributed by atoms with Gasteiger partial charge in [0.2, 0.25) is 0 Å². The normalized spacial score (nSPS) is 26.5. The van der Waals surface area contributed by atoms with Gasteiger partial charge in [-0.2, -0.15) is 0 Å². The van der Waals surface area contributed by atoms with E-state index in [2.05, 4.69) is 48.3 Å². The fourth-order valence-electron chi connectivity index (χ4n) is 2.99. The van der Waals surface area contributed by atoms with Gasteiger partial charge in [-0.3, -0.25) is 4.90 Å². The summed E-state index contributed by atoms with van der Waals surface area (Å²) in [6.45, 7) is 11.2. The van der Waals surface area contributed by atoms with Gasteiger partial charge in [-0.1, -0.05) is 20.3 Å². The van der Waals surface area contributed by atoms with Crippen LogP contribution in [-0.4, -0.2) is 35.1 Å². The van der Waals surface area contributed by atoms with E-state index in [1.54, 1.807) is 11.3 Å². The number of aromatic nitrogens is 1. The number of aryl methyl sites for hydroxylation is 1. The molecule has 0 aliphatic carbocycles. The lowest BCUT2D eigenvalue weighted by Gasteiger charge is -2.43. The number of nitrogens with one attached hydrogen (secondary N) is 1. The molecule has 0 saturated carbocycles. The van der Waals surface area contributed by atoms with E-state index in [9.17, 15) is 0 Å². The van der Waals surface area contributed by atoms with Gasteiger partial charge in [-0.15, -0.1) is 11.3 Å². The summed E-state index contributed by atoms with van der Waals surface area (Å²) in [6.07, 6.45) is 3.74. The molecule has 3 nitrogen and oxygen atoms in total. The van der Waals surface area contributed by atoms with Gasteiger partial charge in [0.15, 0.2) is 0 Å². The summed E-state index contributed by atoms with van der Waals surface area (Å²) < 4.78 is 0. The van der Waals surface area contributed by atoms with E-state index in [0.717, 1.165) is 18.8 Å². The summed E-state index contributed by atoms with van der Waals surface area (Å²) in [5.41, 5.74) is 1.15. The Hall–Kier alpha value is -0.450. The van der Waals surface area contributed by atoms with Crippen LogP contribution in [0.4, 0.5) is 0 Å². The Bertz CT molecular complexity index is 390. The van der Waals surface area contributed by atoms with Crippen molar-refractivity contribution in [2.45, 2.75) is 65.1 Å². The lowest BCUT2D eigenvalue weighted by Crippen LogP contribution is -2.56. The standard InChI is InChI=1S/C15H27N3S/c1-5-7-13-9-18(14(6-2)8-16-13)12(4)15-17-11(3)10-19-15/h10,12-14,16H,5-9H2,1-4H3. The van der Waals surface area contributed by atoms with E-state index in [0.29, 0.717) is 18.1 Å². The second-order valence-corrected chi connectivity index (χ2v) is 6.55. The molecule has 3 unspecified atom stereocenters. The molecule has 1 aromatic heterocycles. The van der Waals surface area contributed by atoms with E-state index in [-0.39, 0.29) is 0 Å². The zero-order chi connectivity index (χ0) is 13.8. The quantitative estimate of drug-likeness (QED) is 0.897. The molecule has 4 heteroatoms. The minimum atomic E-state index is 0.449. The molecule has 3 atom stereocenters. The summed E-state index contributed by atoms with van der Waals surface area (Å²) in [6, 6.07) is 1.74. The van der Waals surface area contributed by atoms with E-state index in [1.807, 2.05) is 0 Å². The maximum Gasteiger partial charge on any atom is 0.110 e. The highest BCUT2D eigenvalue weighted by atomic mass is 32.1. The molecule has 1 aliphatic heterocycles. The molecule has 1 N–H and O–H groups in total. The summed E-state index contributed by atoms with van der Waals surface area (Å²) in [7, 11) is 0. The molecule has 1 saturated heterocycles. The van der Waals surface area contributed by atoms with Gasteiger partial charge in [0.05, 0.1) is 6.04 Å². The van der Waals surface area contributed by atoms with Gasteiger partial charge in [0, 0.05) is 36.2 Å². The van der Waals surface area contributed by atoms with E-state index >= 15 is 0 Å². The highest BCUT2D eigenvalue weighted by molar-refractivity contribution is 7.09. The predicted octanol–water partition coefficient (Wildman–Crippen LogP) is 3.37. The molecular weight excluding hydrogens is 254 g/mol. The van der Waals surface area contributed by atoms with Crippen LogP contribution in [0.1, 0.15) is 56.8 Å². The topological polar surface area (TPSA) is 28.2 Å². The zero-order valence-corrected chi connectivity index (χ0v) is 13.5. The number of hydrogen-bond donors (Lipinski definition) is 1. The molecule has 0 aromatic carbocycles. The third-order valence-electron chi connectivity index (χ3n) is 4.14. The SMILES string of the molecule is CCCC1CN(C(C)c2nc(C)cs2)C(CC)CN1. The highest BCUT2D eigenvalue weighted by Gasteiger charge is 2.31. The van der Waals surface area contributed by atoms with Crippen molar-refractivity contribution < 1.29 is 0 Å². The second kappa shape index (κ2) is 6.82. The Labute approximate surface area is 121 Å². The first-order valence-corrected chi connectivity index (χ1v) is 8.44. The van der Waals surface area contributed by atoms with E-state index < -0.39 is 0 Å². The van der Waals surface area contributed by atoms with Crippen molar-refractivity contribution in [2.75, 3.05) is 13.1 Å². The largest absolute Gasteiger partial charge is 0.311 e. The van der Waals surface area contributed by atoms with Crippen LogP contribution in [0.15, 0.2) is 5.38 Å². The van der Waals surface area contributed by atoms with Crippen molar-refractivity contribution >= 4 is 11.3 Å². The minimum Gasteiger partial charge on any atom is -0.311 e. The van der Waals surface area contributed by atoms with Gasteiger partial charge in [-0.25, -0.2) is 4.98 Å². The predicted molar refractivity (Wildman–Crippen MR) is 82.7 cm³/mol. The molecule has 0 amide bonds. The monoisotopic (exact) mass is 281 g/mol. The number of thiazole rings is 1. The first-order valence-electron chi connectivity index (χ1n) is 7.56. The maximum atomic E-state index is 4.68. The third kappa shape index (κ3) is 3.56. The zero-order valence-electron chi connectivity index (χ0n) is 12.6. The molecule has 19 heavy (non-hydrogen) atoms. The first kappa shape index (κ1) is 14.9. The molecule has 0 radical (unpaired) electrons. The van der Waals surface area contributed by atoms with Crippen molar-refractivity contribution in [3.8, 4) is 0 Å². The van der Waals surface area contributed by atoms with Crippen LogP contribution < -0.4 is 5.32 Å². The van der Waals surface area contributed by atoms with Crippen LogP contribution in [-0.2, 0) is 0 Å². The molecule has 2 rings (SSSR count). The van der Waals surface area contributed by atoms with Gasteiger partial charge >= 0.3 is 0 Å². The van der Waals surface area contributed by atoms with E-state index in [4.69, 9.17) is 0 Å². The molecule has 108 valence electrons. The van der Waals surface area contributed by atoms with Gasteiger partial charge in [0.1, 0.15) is 5.01 Å². The van der Waals surface area contributed by atoms with Crippen molar-refractivity contribution in [2.24, 2.45) is 0 Å². The Morgan fingerprint density at radius 1 is 1.53 bits per heavy atom. The highest BCUT2D eigenvalue weighted by Crippen LogP contribution is 2.28. The number of piperazine rings is 1. The Morgan fingerprint density at radius 2 is 2.32 bits per heavy atom. The van der Waals surface area contributed by atoms with Crippen molar-refractivity contribution in [1.29, 1.82) is 0 Å². The summed E-state index contributed by atoms with van der Waals surface area (Å²) in [5.74, 6) is 0. The third-order valence-corrected chi connectivity index (χ3v) is 5.28. The van der Waals surface area contributed by atoms with Crippen LogP contribution >= 0.6 is 11.3 Å². The van der Waals surface area contributed by atoms with Crippen LogP contribution in [0.3, 0.4) is 0 Å². The molecule has 1 aromatic rings. The molecule has 1 fully saturated rings. The number of hydrogen-bond acceptors (Lipinski definition) is 4. The summed E-state index contributed by atoms with van der Waals surface area (Å²) >= 11 is 1.81. The van der Waals surface area contributed by atoms with Crippen LogP contribution in [0.5, 0.6) is 0 Å². The Kier molecular flexibility index (Phi) is 5.37. The lowest BCUT2D eigenvalue weighted by atomic mass is 10.0. The minimum absolute atomic E-state index is 0.449. The van der Waals surface area contributed by atoms with Crippen LogP contribution in [0.25, 0.3) is 0 Å². The van der Waals surface area contributed by atoms with Gasteiger partial charge < -0.3 is 5.32 Å². The smallest absolute Gasteiger partial charge is 0.110 e. The van der Waals surface area contributed by atoms with Crippen molar-refractivity contribution in [3.05, 3.63) is 16.1 Å². The molecule has 0 spiro atoms. The van der Waals surface area contributed by atoms with E-state index in [1.165, 1.54) is 24.3 Å². The molecule has 1 aliphatic rings. The van der Waals surface area contributed by atoms with Crippen LogP contribution in [0.2, 0.25) is 0 Å². The van der Waals surface area contributed by atoms with Crippen molar-refractivity contribution in [1.82, 2.24) is 15.2 Å². The van der Waals surface area contributed by atoms with Gasteiger partial charge in [-0.05, 0) is 26.7 Å². The average molecular weight is 281 g/mol. The van der Waals surface area contributed by atoms with Crippen LogP contribution in [0, 0.1) is 6.92 Å². The average Bonchev–Trinajstić information content (AvgIpc) is 2.85. The summed E-state index contributed by atoms with van der Waals surface area (Å²) in [5, 5.41) is 7.14. The number of nitrogens with zero attached hydrogens (tertiary/aromatic N) is 2. The molecular formula is C15H27N3S. The summed E-state index contributed by atoms with van der Waals surface area (Å²) in [4.78, 5) is 7.34. The second-order valence-electron chi connectivity index (χ2n) is 5.66. The molecule has 0 bridgehead atoms. The molecule has 2 heterocycles. The fraction of sp³-hybridized carbons (Fsp3) is 0.800. The lowest BCUT2D eigenvalue weighted by molar-refractivity contribution is 0.0834. The Morgan fingerprint density at radius 3 is 2.89 bits per heavy atom. The van der Waals surface area contributed by atoms with Crippen molar-refractivity contribution in [3.63, 3.8) is 0 Å². The first-order chi connectivity index (χ1) is 9.15. The number of rotatable bonds is 5. The Balaban J connectivity index is 2.08. The maximum absolute atomic E-state index is 4.68. The van der Waals surface area contributed by atoms with Gasteiger partial charge in [0.25, 0.3) is 0 Å². The fourth-order valence-corrected chi connectivity index (χ4v) is 3.86.